The SMILES string of the molecule is CCOc1ccc(C(O)=C2C(=O)C(=O)N(CCc3c[nH]c4ccc(OC)cc34)[C@H]2c2ccc([N+](=O)[O-])cc2)cc1. The predicted octanol–water partition coefficient (Wildman–Crippen LogP) is 5.15. The zero-order valence-electron chi connectivity index (χ0n) is 21.9. The summed E-state index contributed by atoms with van der Waals surface area (Å²) in [5.41, 5.74) is 2.43. The monoisotopic (exact) mass is 541 g/mol. The van der Waals surface area contributed by atoms with Crippen molar-refractivity contribution < 1.29 is 29.1 Å². The number of likely N-dealkylation sites (tertiary alicyclic amines) is 1. The molecule has 10 nitrogen and oxygen atoms in total. The highest BCUT2D eigenvalue weighted by Gasteiger charge is 2.46. The van der Waals surface area contributed by atoms with Crippen molar-refractivity contribution in [1.29, 1.82) is 0 Å². The molecule has 1 aromatic heterocycles. The topological polar surface area (TPSA) is 135 Å². The number of H-pyrrole nitrogens is 1. The fourth-order valence-corrected chi connectivity index (χ4v) is 5.00. The van der Waals surface area contributed by atoms with Gasteiger partial charge >= 0.3 is 0 Å². The number of aromatic nitrogens is 1. The summed E-state index contributed by atoms with van der Waals surface area (Å²) >= 11 is 0. The van der Waals surface area contributed by atoms with Crippen molar-refractivity contribution in [3.8, 4) is 11.5 Å². The summed E-state index contributed by atoms with van der Waals surface area (Å²) in [6.07, 6.45) is 2.26. The maximum Gasteiger partial charge on any atom is 0.295 e. The first-order chi connectivity index (χ1) is 19.3. The summed E-state index contributed by atoms with van der Waals surface area (Å²) in [6, 6.07) is 16.9. The Morgan fingerprint density at radius 1 is 1.05 bits per heavy atom. The van der Waals surface area contributed by atoms with Gasteiger partial charge in [-0.25, -0.2) is 0 Å². The number of Topliss-reactive ketones (excluding diaryl/α,β-unsaturated/α-hetero) is 1. The summed E-state index contributed by atoms with van der Waals surface area (Å²) in [6.45, 7) is 2.49. The number of ketones is 1. The van der Waals surface area contributed by atoms with Crippen LogP contribution in [0.1, 0.15) is 29.7 Å². The van der Waals surface area contributed by atoms with Crippen molar-refractivity contribution >= 4 is 34.0 Å². The average Bonchev–Trinajstić information content (AvgIpc) is 3.49. The molecule has 0 saturated carbocycles. The molecule has 3 aromatic carbocycles. The van der Waals surface area contributed by atoms with Gasteiger partial charge in [-0.05, 0) is 79.1 Å². The third-order valence-electron chi connectivity index (χ3n) is 6.99. The first-order valence-electron chi connectivity index (χ1n) is 12.7. The number of methoxy groups -OCH3 is 1. The zero-order chi connectivity index (χ0) is 28.4. The first-order valence-corrected chi connectivity index (χ1v) is 12.7. The van der Waals surface area contributed by atoms with Gasteiger partial charge in [0.2, 0.25) is 0 Å². The molecule has 2 N–H and O–H groups in total. The molecule has 1 amide bonds. The number of ether oxygens (including phenoxy) is 2. The molecule has 1 aliphatic rings. The van der Waals surface area contributed by atoms with Crippen LogP contribution in [0.25, 0.3) is 16.7 Å². The summed E-state index contributed by atoms with van der Waals surface area (Å²) in [7, 11) is 1.58. The van der Waals surface area contributed by atoms with E-state index in [0.717, 1.165) is 16.5 Å². The van der Waals surface area contributed by atoms with Gasteiger partial charge < -0.3 is 24.5 Å². The fraction of sp³-hybridized carbons (Fsp3) is 0.200. The number of nitro benzene ring substituents is 1. The van der Waals surface area contributed by atoms with Gasteiger partial charge in [0.25, 0.3) is 17.4 Å². The third-order valence-corrected chi connectivity index (χ3v) is 6.99. The number of carbonyl (C=O) groups excluding carboxylic acids is 2. The maximum atomic E-state index is 13.4. The van der Waals surface area contributed by atoms with Crippen LogP contribution in [0.2, 0.25) is 0 Å². The number of hydrogen-bond acceptors (Lipinski definition) is 7. The van der Waals surface area contributed by atoms with E-state index in [1.54, 1.807) is 31.4 Å². The number of benzene rings is 3. The Balaban J connectivity index is 1.54. The summed E-state index contributed by atoms with van der Waals surface area (Å²) < 4.78 is 10.8. The highest BCUT2D eigenvalue weighted by atomic mass is 16.6. The van der Waals surface area contributed by atoms with Gasteiger partial charge in [0.1, 0.15) is 17.3 Å². The second-order valence-corrected chi connectivity index (χ2v) is 9.27. The molecule has 0 spiro atoms. The van der Waals surface area contributed by atoms with Crippen molar-refractivity contribution in [3.05, 3.63) is 105 Å². The number of fused-ring (bicyclic) bond motifs is 1. The lowest BCUT2D eigenvalue weighted by atomic mass is 9.95. The van der Waals surface area contributed by atoms with Crippen LogP contribution in [-0.2, 0) is 16.0 Å². The van der Waals surface area contributed by atoms with Crippen LogP contribution in [0.4, 0.5) is 5.69 Å². The number of nitrogens with zero attached hydrogens (tertiary/aromatic N) is 2. The Bertz CT molecular complexity index is 1620. The molecule has 1 atom stereocenters. The molecule has 0 radical (unpaired) electrons. The Labute approximate surface area is 229 Å². The molecule has 40 heavy (non-hydrogen) atoms. The first kappa shape index (κ1) is 26.5. The van der Waals surface area contributed by atoms with Crippen LogP contribution >= 0.6 is 0 Å². The molecule has 5 rings (SSSR count). The van der Waals surface area contributed by atoms with E-state index in [2.05, 4.69) is 4.98 Å². The maximum absolute atomic E-state index is 13.4. The Kier molecular flexibility index (Phi) is 7.24. The van der Waals surface area contributed by atoms with E-state index >= 15 is 0 Å². The second kappa shape index (κ2) is 10.9. The molecular weight excluding hydrogens is 514 g/mol. The van der Waals surface area contributed by atoms with Gasteiger partial charge in [-0.15, -0.1) is 0 Å². The van der Waals surface area contributed by atoms with Gasteiger partial charge in [0, 0.05) is 41.3 Å². The standard InChI is InChI=1S/C30H27N3O7/c1-3-40-22-10-6-19(7-11-22)28(34)26-27(18-4-8-21(9-5-18)33(37)38)32(30(36)29(26)35)15-14-20-17-31-25-13-12-23(39-2)16-24(20)25/h4-13,16-17,27,31,34H,3,14-15H2,1-2H3/t27-/m0/s1. The number of aliphatic hydroxyl groups excluding tert-OH is 1. The van der Waals surface area contributed by atoms with Crippen molar-refractivity contribution in [1.82, 2.24) is 9.88 Å². The van der Waals surface area contributed by atoms with E-state index in [9.17, 15) is 24.8 Å². The summed E-state index contributed by atoms with van der Waals surface area (Å²) in [5.74, 6) is -0.621. The van der Waals surface area contributed by atoms with Gasteiger partial charge in [-0.1, -0.05) is 0 Å². The van der Waals surface area contributed by atoms with Crippen LogP contribution in [-0.4, -0.2) is 51.9 Å². The van der Waals surface area contributed by atoms with Crippen LogP contribution in [0.5, 0.6) is 11.5 Å². The molecular formula is C30H27N3O7. The van der Waals surface area contributed by atoms with Crippen LogP contribution in [0.3, 0.4) is 0 Å². The second-order valence-electron chi connectivity index (χ2n) is 9.27. The number of carbonyl (C=O) groups is 2. The van der Waals surface area contributed by atoms with E-state index in [0.29, 0.717) is 35.7 Å². The lowest BCUT2D eigenvalue weighted by molar-refractivity contribution is -0.384. The fourth-order valence-electron chi connectivity index (χ4n) is 5.00. The van der Waals surface area contributed by atoms with Gasteiger partial charge in [-0.2, -0.15) is 0 Å². The van der Waals surface area contributed by atoms with Crippen molar-refractivity contribution in [2.45, 2.75) is 19.4 Å². The predicted molar refractivity (Wildman–Crippen MR) is 148 cm³/mol. The van der Waals surface area contributed by atoms with Crippen LogP contribution in [0.15, 0.2) is 78.5 Å². The van der Waals surface area contributed by atoms with Crippen molar-refractivity contribution in [3.63, 3.8) is 0 Å². The number of aliphatic hydroxyl groups is 1. The number of amides is 1. The molecule has 10 heteroatoms. The largest absolute Gasteiger partial charge is 0.507 e. The van der Waals surface area contributed by atoms with E-state index in [1.165, 1.54) is 29.2 Å². The minimum atomic E-state index is -0.938. The number of rotatable bonds is 9. The van der Waals surface area contributed by atoms with E-state index in [4.69, 9.17) is 9.47 Å². The van der Waals surface area contributed by atoms with Gasteiger partial charge in [0.05, 0.1) is 30.3 Å². The normalized spacial score (nSPS) is 16.4. The minimum absolute atomic E-state index is 0.0800. The van der Waals surface area contributed by atoms with Crippen molar-refractivity contribution in [2.75, 3.05) is 20.3 Å². The number of hydrogen-bond donors (Lipinski definition) is 2. The molecule has 2 heterocycles. The Hall–Kier alpha value is -5.12. The quantitative estimate of drug-likeness (QED) is 0.0984. The molecule has 0 aliphatic carbocycles. The lowest BCUT2D eigenvalue weighted by Gasteiger charge is -2.25. The molecule has 0 unspecified atom stereocenters. The van der Waals surface area contributed by atoms with Crippen LogP contribution < -0.4 is 9.47 Å². The summed E-state index contributed by atoms with van der Waals surface area (Å²) in [4.78, 5) is 42.0. The molecule has 1 saturated heterocycles. The van der Waals surface area contributed by atoms with Gasteiger partial charge in [0.15, 0.2) is 0 Å². The zero-order valence-corrected chi connectivity index (χ0v) is 21.9. The molecule has 0 bridgehead atoms. The number of aromatic amines is 1. The minimum Gasteiger partial charge on any atom is -0.507 e. The van der Waals surface area contributed by atoms with E-state index in [1.807, 2.05) is 31.3 Å². The highest BCUT2D eigenvalue weighted by Crippen LogP contribution is 2.40. The highest BCUT2D eigenvalue weighted by molar-refractivity contribution is 6.46. The van der Waals surface area contributed by atoms with Crippen molar-refractivity contribution in [2.24, 2.45) is 0 Å². The third kappa shape index (κ3) is 4.86. The van der Waals surface area contributed by atoms with Crippen LogP contribution in [0, 0.1) is 10.1 Å². The average molecular weight is 542 g/mol. The molecule has 204 valence electrons. The number of non-ortho nitro benzene ring substituents is 1. The molecule has 1 aliphatic heterocycles. The molecule has 1 fully saturated rings. The Morgan fingerprint density at radius 2 is 1.75 bits per heavy atom. The molecule has 4 aromatic rings. The lowest BCUT2D eigenvalue weighted by Crippen LogP contribution is -2.31. The summed E-state index contributed by atoms with van der Waals surface area (Å²) in [5, 5.41) is 23.4. The smallest absolute Gasteiger partial charge is 0.295 e. The van der Waals surface area contributed by atoms with E-state index in [-0.39, 0.29) is 23.6 Å². The number of nitrogens with one attached hydrogen (secondary N) is 1. The Morgan fingerprint density at radius 3 is 2.40 bits per heavy atom. The van der Waals surface area contributed by atoms with E-state index < -0.39 is 22.7 Å². The number of nitro groups is 1. The van der Waals surface area contributed by atoms with Gasteiger partial charge in [-0.3, -0.25) is 19.7 Å².